The van der Waals surface area contributed by atoms with E-state index in [9.17, 15) is 0 Å². The molecule has 0 radical (unpaired) electrons. The van der Waals surface area contributed by atoms with Crippen molar-refractivity contribution in [2.75, 3.05) is 12.8 Å². The Morgan fingerprint density at radius 2 is 1.85 bits per heavy atom. The van der Waals surface area contributed by atoms with Crippen LogP contribution in [0.25, 0.3) is 22.2 Å². The molecule has 0 saturated carbocycles. The first kappa shape index (κ1) is 12.8. The van der Waals surface area contributed by atoms with Gasteiger partial charge in [-0.3, -0.25) is 0 Å². The van der Waals surface area contributed by atoms with Crippen molar-refractivity contribution in [3.8, 4) is 17.0 Å². The zero-order chi connectivity index (χ0) is 14.1. The molecule has 0 atom stereocenters. The molecule has 2 aromatic carbocycles. The largest absolute Gasteiger partial charge is 0.496 e. The van der Waals surface area contributed by atoms with Gasteiger partial charge in [0.2, 0.25) is 0 Å². The number of aromatic nitrogens is 1. The molecule has 100 valence electrons. The zero-order valence-corrected chi connectivity index (χ0v) is 11.7. The third-order valence-corrected chi connectivity index (χ3v) is 3.50. The zero-order valence-electron chi connectivity index (χ0n) is 10.9. The summed E-state index contributed by atoms with van der Waals surface area (Å²) in [5.74, 6) is 0.675. The second-order valence-electron chi connectivity index (χ2n) is 4.44. The van der Waals surface area contributed by atoms with Crippen molar-refractivity contribution in [3.63, 3.8) is 0 Å². The summed E-state index contributed by atoms with van der Waals surface area (Å²) in [6.45, 7) is 0. The van der Waals surface area contributed by atoms with Gasteiger partial charge in [0, 0.05) is 11.3 Å². The van der Waals surface area contributed by atoms with Crippen LogP contribution >= 0.6 is 11.6 Å². The van der Waals surface area contributed by atoms with Crippen LogP contribution in [0.5, 0.6) is 5.75 Å². The lowest BCUT2D eigenvalue weighted by Gasteiger charge is -2.11. The van der Waals surface area contributed by atoms with Crippen molar-refractivity contribution in [1.29, 1.82) is 0 Å². The number of ether oxygens (including phenoxy) is 1. The average Bonchev–Trinajstić information content (AvgIpc) is 2.49. The lowest BCUT2D eigenvalue weighted by Crippen LogP contribution is -1.96. The number of hydrogen-bond acceptors (Lipinski definition) is 3. The summed E-state index contributed by atoms with van der Waals surface area (Å²) in [5.41, 5.74) is 9.22. The Morgan fingerprint density at radius 1 is 1.10 bits per heavy atom. The number of hydrogen-bond donors (Lipinski definition) is 1. The van der Waals surface area contributed by atoms with Crippen LogP contribution < -0.4 is 10.5 Å². The topological polar surface area (TPSA) is 48.1 Å². The minimum atomic E-state index is 0.560. The lowest BCUT2D eigenvalue weighted by atomic mass is 10.1. The Hall–Kier alpha value is -2.26. The van der Waals surface area contributed by atoms with Crippen LogP contribution in [0, 0.1) is 0 Å². The number of nitrogens with two attached hydrogens (primary N) is 1. The number of methoxy groups -OCH3 is 1. The summed E-state index contributed by atoms with van der Waals surface area (Å²) >= 11 is 6.24. The van der Waals surface area contributed by atoms with E-state index in [-0.39, 0.29) is 0 Å². The number of rotatable bonds is 2. The molecular weight excluding hydrogens is 272 g/mol. The van der Waals surface area contributed by atoms with E-state index in [4.69, 9.17) is 22.1 Å². The van der Waals surface area contributed by atoms with Gasteiger partial charge in [-0.1, -0.05) is 41.9 Å². The van der Waals surface area contributed by atoms with Crippen LogP contribution in [-0.2, 0) is 0 Å². The molecule has 1 aromatic heterocycles. The van der Waals surface area contributed by atoms with E-state index < -0.39 is 0 Å². The van der Waals surface area contributed by atoms with Crippen LogP contribution in [-0.4, -0.2) is 12.1 Å². The van der Waals surface area contributed by atoms with Gasteiger partial charge in [-0.05, 0) is 18.2 Å². The first-order chi connectivity index (χ1) is 9.70. The molecule has 0 aliphatic heterocycles. The fraction of sp³-hybridized carbons (Fsp3) is 0.0625. The van der Waals surface area contributed by atoms with Crippen LogP contribution in [0.4, 0.5) is 5.69 Å². The normalized spacial score (nSPS) is 10.7. The van der Waals surface area contributed by atoms with E-state index in [1.807, 2.05) is 36.4 Å². The van der Waals surface area contributed by atoms with Gasteiger partial charge < -0.3 is 10.5 Å². The molecule has 0 unspecified atom stereocenters. The van der Waals surface area contributed by atoms with Crippen LogP contribution in [0.3, 0.4) is 0 Å². The predicted octanol–water partition coefficient (Wildman–Crippen LogP) is 4.15. The molecule has 3 rings (SSSR count). The molecule has 0 spiro atoms. The average molecular weight is 285 g/mol. The summed E-state index contributed by atoms with van der Waals surface area (Å²) in [7, 11) is 1.60. The summed E-state index contributed by atoms with van der Waals surface area (Å²) in [6.07, 6.45) is 0. The van der Waals surface area contributed by atoms with Gasteiger partial charge in [0.1, 0.15) is 5.75 Å². The molecule has 3 nitrogen and oxygen atoms in total. The number of anilines is 1. The molecule has 1 heterocycles. The molecule has 0 aliphatic carbocycles. The first-order valence-corrected chi connectivity index (χ1v) is 6.56. The van der Waals surface area contributed by atoms with Crippen molar-refractivity contribution in [2.24, 2.45) is 0 Å². The van der Waals surface area contributed by atoms with Gasteiger partial charge in [0.05, 0.1) is 28.7 Å². The highest BCUT2D eigenvalue weighted by Crippen LogP contribution is 2.36. The van der Waals surface area contributed by atoms with E-state index >= 15 is 0 Å². The van der Waals surface area contributed by atoms with Crippen LogP contribution in [0.15, 0.2) is 48.5 Å². The number of nitrogens with zero attached hydrogens (tertiary/aromatic N) is 1. The van der Waals surface area contributed by atoms with Crippen LogP contribution in [0.1, 0.15) is 0 Å². The van der Waals surface area contributed by atoms with Gasteiger partial charge in [-0.2, -0.15) is 0 Å². The Bertz CT molecular complexity index is 772. The maximum Gasteiger partial charge on any atom is 0.130 e. The summed E-state index contributed by atoms with van der Waals surface area (Å²) in [4.78, 5) is 4.62. The lowest BCUT2D eigenvalue weighted by molar-refractivity contribution is 0.420. The highest BCUT2D eigenvalue weighted by Gasteiger charge is 2.12. The molecule has 3 aromatic rings. The summed E-state index contributed by atoms with van der Waals surface area (Å²) in [6, 6.07) is 15.3. The second-order valence-corrected chi connectivity index (χ2v) is 4.84. The minimum Gasteiger partial charge on any atom is -0.496 e. The second kappa shape index (κ2) is 5.02. The Morgan fingerprint density at radius 3 is 2.55 bits per heavy atom. The number of pyridine rings is 1. The third kappa shape index (κ3) is 2.06. The fourth-order valence-corrected chi connectivity index (χ4v) is 2.43. The summed E-state index contributed by atoms with van der Waals surface area (Å²) in [5, 5.41) is 1.31. The number of benzene rings is 2. The molecule has 0 saturated heterocycles. The third-order valence-electron chi connectivity index (χ3n) is 3.19. The van der Waals surface area contributed by atoms with Gasteiger partial charge in [0.25, 0.3) is 0 Å². The molecule has 0 fully saturated rings. The van der Waals surface area contributed by atoms with E-state index in [1.165, 1.54) is 0 Å². The number of fused-ring (bicyclic) bond motifs is 1. The van der Waals surface area contributed by atoms with Crippen LogP contribution in [0.2, 0.25) is 5.02 Å². The quantitative estimate of drug-likeness (QED) is 0.769. The fourth-order valence-electron chi connectivity index (χ4n) is 2.23. The summed E-state index contributed by atoms with van der Waals surface area (Å²) < 4.78 is 5.33. The van der Waals surface area contributed by atoms with Gasteiger partial charge >= 0.3 is 0 Å². The van der Waals surface area contributed by atoms with Gasteiger partial charge in [0.15, 0.2) is 0 Å². The highest BCUT2D eigenvalue weighted by atomic mass is 35.5. The monoisotopic (exact) mass is 284 g/mol. The van der Waals surface area contributed by atoms with E-state index in [0.29, 0.717) is 22.0 Å². The molecule has 2 N–H and O–H groups in total. The Kier molecular flexibility index (Phi) is 3.20. The number of nitrogen functional groups attached to an aromatic ring is 1. The maximum atomic E-state index is 6.24. The van der Waals surface area contributed by atoms with Gasteiger partial charge in [-0.15, -0.1) is 0 Å². The van der Waals surface area contributed by atoms with E-state index in [2.05, 4.69) is 4.98 Å². The van der Waals surface area contributed by atoms with Crippen molar-refractivity contribution in [1.82, 2.24) is 4.98 Å². The maximum absolute atomic E-state index is 6.24. The van der Waals surface area contributed by atoms with Crippen molar-refractivity contribution in [2.45, 2.75) is 0 Å². The first-order valence-electron chi connectivity index (χ1n) is 6.19. The van der Waals surface area contributed by atoms with Crippen molar-refractivity contribution < 1.29 is 4.74 Å². The molecule has 0 amide bonds. The molecular formula is C16H13ClN2O. The SMILES string of the molecule is COc1ccc(Cl)c2nc(-c3ccccc3)cc(N)c12. The molecule has 0 bridgehead atoms. The number of halogens is 1. The predicted molar refractivity (Wildman–Crippen MR) is 83.2 cm³/mol. The van der Waals surface area contributed by atoms with E-state index in [0.717, 1.165) is 16.6 Å². The molecule has 0 aliphatic rings. The van der Waals surface area contributed by atoms with Crippen molar-refractivity contribution in [3.05, 3.63) is 53.6 Å². The molecule has 20 heavy (non-hydrogen) atoms. The molecule has 4 heteroatoms. The smallest absolute Gasteiger partial charge is 0.130 e. The highest BCUT2D eigenvalue weighted by molar-refractivity contribution is 6.35. The minimum absolute atomic E-state index is 0.560. The standard InChI is InChI=1S/C16H13ClN2O/c1-20-14-8-7-11(17)16-15(14)12(18)9-13(19-16)10-5-3-2-4-6-10/h2-9H,1H3,(H2,18,19). The van der Waals surface area contributed by atoms with Gasteiger partial charge in [-0.25, -0.2) is 4.98 Å². The van der Waals surface area contributed by atoms with Crippen molar-refractivity contribution >= 4 is 28.2 Å². The van der Waals surface area contributed by atoms with E-state index in [1.54, 1.807) is 19.2 Å². The Labute approximate surface area is 122 Å². The Balaban J connectivity index is 2.32.